The minimum absolute atomic E-state index is 0.307. The first-order chi connectivity index (χ1) is 15.6. The zero-order chi connectivity index (χ0) is 23.5. The van der Waals surface area contributed by atoms with Crippen LogP contribution < -0.4 is 5.69 Å². The van der Waals surface area contributed by atoms with Crippen LogP contribution in [0, 0.1) is 12.3 Å². The molecule has 10 nitrogen and oxygen atoms in total. The highest BCUT2D eigenvalue weighted by atomic mass is 16.4. The molecule has 0 saturated carbocycles. The van der Waals surface area contributed by atoms with Gasteiger partial charge in [0.15, 0.2) is 11.5 Å². The second kappa shape index (κ2) is 7.43. The normalized spacial score (nSPS) is 19.5. The SMILES string of the molecule is Cc1ccn2ncc(-c3ncc4[nH]c(=O)n(C5CCCN(C(=O)O)C5C(C)(C)C)c4n3)c2c1. The van der Waals surface area contributed by atoms with Gasteiger partial charge in [-0.2, -0.15) is 5.10 Å². The molecule has 0 aromatic carbocycles. The fourth-order valence-corrected chi connectivity index (χ4v) is 5.12. The second-order valence-corrected chi connectivity index (χ2v) is 9.82. The number of likely N-dealkylation sites (tertiary alicyclic amines) is 1. The van der Waals surface area contributed by atoms with Gasteiger partial charge in [-0.05, 0) is 42.9 Å². The molecule has 2 unspecified atom stereocenters. The minimum atomic E-state index is -0.968. The van der Waals surface area contributed by atoms with Gasteiger partial charge < -0.3 is 15.0 Å². The molecule has 4 aromatic heterocycles. The summed E-state index contributed by atoms with van der Waals surface area (Å²) in [6.07, 6.45) is 5.61. The van der Waals surface area contributed by atoms with E-state index in [0.29, 0.717) is 36.4 Å². The van der Waals surface area contributed by atoms with E-state index in [9.17, 15) is 14.7 Å². The molecule has 33 heavy (non-hydrogen) atoms. The lowest BCUT2D eigenvalue weighted by atomic mass is 9.77. The number of pyridine rings is 1. The molecule has 0 radical (unpaired) electrons. The summed E-state index contributed by atoms with van der Waals surface area (Å²) in [5.74, 6) is 0.467. The molecule has 1 aliphatic rings. The van der Waals surface area contributed by atoms with Gasteiger partial charge in [0.25, 0.3) is 0 Å². The van der Waals surface area contributed by atoms with E-state index in [1.54, 1.807) is 21.5 Å². The van der Waals surface area contributed by atoms with E-state index in [-0.39, 0.29) is 23.2 Å². The van der Waals surface area contributed by atoms with Crippen molar-refractivity contribution >= 4 is 22.8 Å². The smallest absolute Gasteiger partial charge is 0.407 e. The van der Waals surface area contributed by atoms with Crippen LogP contribution in [-0.4, -0.2) is 57.8 Å². The Morgan fingerprint density at radius 1 is 1.27 bits per heavy atom. The van der Waals surface area contributed by atoms with Crippen molar-refractivity contribution in [1.29, 1.82) is 0 Å². The summed E-state index contributed by atoms with van der Waals surface area (Å²) in [4.78, 5) is 38.7. The van der Waals surface area contributed by atoms with Crippen LogP contribution in [0.1, 0.15) is 45.2 Å². The highest BCUT2D eigenvalue weighted by Crippen LogP contribution is 2.39. The van der Waals surface area contributed by atoms with Gasteiger partial charge in [-0.15, -0.1) is 0 Å². The van der Waals surface area contributed by atoms with Crippen LogP contribution in [0.2, 0.25) is 0 Å². The van der Waals surface area contributed by atoms with E-state index < -0.39 is 6.09 Å². The summed E-state index contributed by atoms with van der Waals surface area (Å²) < 4.78 is 3.39. The number of aromatic amines is 1. The van der Waals surface area contributed by atoms with Gasteiger partial charge in [-0.3, -0.25) is 4.57 Å². The number of nitrogens with one attached hydrogen (secondary N) is 1. The van der Waals surface area contributed by atoms with E-state index in [1.807, 2.05) is 46.0 Å². The maximum atomic E-state index is 13.1. The van der Waals surface area contributed by atoms with Crippen molar-refractivity contribution in [2.45, 2.75) is 52.6 Å². The number of aryl methyl sites for hydroxylation is 1. The number of fused-ring (bicyclic) bond motifs is 2. The number of hydrogen-bond donors (Lipinski definition) is 2. The largest absolute Gasteiger partial charge is 0.465 e. The predicted octanol–water partition coefficient (Wildman–Crippen LogP) is 3.47. The average Bonchev–Trinajstić information content (AvgIpc) is 3.31. The molecule has 0 spiro atoms. The number of imidazole rings is 1. The molecule has 2 N–H and O–H groups in total. The average molecular weight is 450 g/mol. The Labute approximate surface area is 189 Å². The van der Waals surface area contributed by atoms with Crippen molar-refractivity contribution in [3.8, 4) is 11.4 Å². The van der Waals surface area contributed by atoms with Crippen LogP contribution in [0.25, 0.3) is 28.1 Å². The summed E-state index contributed by atoms with van der Waals surface area (Å²) in [6, 6.07) is 3.27. The van der Waals surface area contributed by atoms with Crippen molar-refractivity contribution in [3.05, 3.63) is 46.8 Å². The highest BCUT2D eigenvalue weighted by Gasteiger charge is 2.43. The van der Waals surface area contributed by atoms with Crippen LogP contribution in [-0.2, 0) is 0 Å². The Kier molecular flexibility index (Phi) is 4.77. The maximum absolute atomic E-state index is 13.1. The number of carbonyl (C=O) groups is 1. The molecule has 1 fully saturated rings. The second-order valence-electron chi connectivity index (χ2n) is 9.82. The first-order valence-corrected chi connectivity index (χ1v) is 11.1. The summed E-state index contributed by atoms with van der Waals surface area (Å²) in [7, 11) is 0. The topological polar surface area (TPSA) is 121 Å². The fourth-order valence-electron chi connectivity index (χ4n) is 5.12. The Morgan fingerprint density at radius 2 is 2.06 bits per heavy atom. The maximum Gasteiger partial charge on any atom is 0.407 e. The number of piperidine rings is 1. The monoisotopic (exact) mass is 449 g/mol. The molecule has 1 amide bonds. The molecule has 10 heteroatoms. The van der Waals surface area contributed by atoms with Crippen molar-refractivity contribution in [2.24, 2.45) is 5.41 Å². The number of hydrogen-bond acceptors (Lipinski definition) is 5. The van der Waals surface area contributed by atoms with Crippen LogP contribution in [0.5, 0.6) is 0 Å². The van der Waals surface area contributed by atoms with Gasteiger partial charge in [-0.1, -0.05) is 20.8 Å². The van der Waals surface area contributed by atoms with Crippen molar-refractivity contribution < 1.29 is 9.90 Å². The number of nitrogens with zero attached hydrogens (tertiary/aromatic N) is 6. The molecular weight excluding hydrogens is 422 g/mol. The fraction of sp³-hybridized carbons (Fsp3) is 0.435. The predicted molar refractivity (Wildman–Crippen MR) is 123 cm³/mol. The molecular formula is C23H27N7O3. The molecule has 2 atom stereocenters. The summed E-state index contributed by atoms with van der Waals surface area (Å²) >= 11 is 0. The van der Waals surface area contributed by atoms with Crippen LogP contribution >= 0.6 is 0 Å². The number of H-pyrrole nitrogens is 1. The summed E-state index contributed by atoms with van der Waals surface area (Å²) in [6.45, 7) is 8.48. The lowest BCUT2D eigenvalue weighted by Gasteiger charge is -2.46. The zero-order valence-electron chi connectivity index (χ0n) is 19.1. The van der Waals surface area contributed by atoms with Gasteiger partial charge in [0, 0.05) is 12.7 Å². The van der Waals surface area contributed by atoms with Gasteiger partial charge in [0.05, 0.1) is 35.6 Å². The van der Waals surface area contributed by atoms with Gasteiger partial charge in [-0.25, -0.2) is 24.1 Å². The Balaban J connectivity index is 1.69. The Morgan fingerprint density at radius 3 is 2.79 bits per heavy atom. The molecule has 0 aliphatic carbocycles. The van der Waals surface area contributed by atoms with Crippen molar-refractivity contribution in [2.75, 3.05) is 6.54 Å². The third kappa shape index (κ3) is 3.46. The van der Waals surface area contributed by atoms with Crippen molar-refractivity contribution in [3.63, 3.8) is 0 Å². The Bertz CT molecular complexity index is 1430. The molecule has 4 aromatic rings. The Hall–Kier alpha value is -3.69. The van der Waals surface area contributed by atoms with E-state index in [4.69, 9.17) is 4.98 Å². The van der Waals surface area contributed by atoms with E-state index in [0.717, 1.165) is 16.6 Å². The molecule has 1 saturated heterocycles. The van der Waals surface area contributed by atoms with Crippen LogP contribution in [0.3, 0.4) is 0 Å². The standard InChI is InChI=1S/C23H27N7O3/c1-13-7-9-29-17(10-13)14(11-25-29)19-24-12-15-20(27-19)30(21(31)26-15)16-6-5-8-28(22(32)33)18(16)23(2,3)4/h7,9-12,16,18H,5-6,8H2,1-4H3,(H,26,31)(H,32,33). The molecule has 5 rings (SSSR count). The quantitative estimate of drug-likeness (QED) is 0.483. The third-order valence-corrected chi connectivity index (χ3v) is 6.44. The van der Waals surface area contributed by atoms with Crippen LogP contribution in [0.4, 0.5) is 4.79 Å². The van der Waals surface area contributed by atoms with E-state index in [2.05, 4.69) is 15.1 Å². The highest BCUT2D eigenvalue weighted by molar-refractivity contribution is 5.79. The number of carboxylic acid groups (broad SMARTS) is 1. The third-order valence-electron chi connectivity index (χ3n) is 6.44. The molecule has 0 bridgehead atoms. The number of aromatic nitrogens is 6. The summed E-state index contributed by atoms with van der Waals surface area (Å²) in [5, 5.41) is 14.3. The lowest BCUT2D eigenvalue weighted by Crippen LogP contribution is -2.55. The van der Waals surface area contributed by atoms with Crippen molar-refractivity contribution in [1.82, 2.24) is 34.0 Å². The first-order valence-electron chi connectivity index (χ1n) is 11.1. The van der Waals surface area contributed by atoms with Gasteiger partial charge in [0.2, 0.25) is 0 Å². The lowest BCUT2D eigenvalue weighted by molar-refractivity contribution is 0.0274. The van der Waals surface area contributed by atoms with E-state index in [1.165, 1.54) is 4.90 Å². The molecule has 1 aliphatic heterocycles. The number of amides is 1. The zero-order valence-corrected chi connectivity index (χ0v) is 19.1. The minimum Gasteiger partial charge on any atom is -0.465 e. The first kappa shape index (κ1) is 21.2. The van der Waals surface area contributed by atoms with E-state index >= 15 is 0 Å². The van der Waals surface area contributed by atoms with Gasteiger partial charge >= 0.3 is 11.8 Å². The molecule has 172 valence electrons. The molecule has 5 heterocycles. The van der Waals surface area contributed by atoms with Gasteiger partial charge in [0.1, 0.15) is 5.52 Å². The number of rotatable bonds is 2. The summed E-state index contributed by atoms with van der Waals surface area (Å²) in [5.41, 5.74) is 3.05. The van der Waals surface area contributed by atoms with Crippen LogP contribution in [0.15, 0.2) is 35.5 Å².